The Kier molecular flexibility index (Phi) is 9.24. The molecule has 0 bridgehead atoms. The van der Waals surface area contributed by atoms with Gasteiger partial charge in [0.1, 0.15) is 0 Å². The van der Waals surface area contributed by atoms with Crippen LogP contribution in [0.1, 0.15) is 33.6 Å². The van der Waals surface area contributed by atoms with Gasteiger partial charge in [-0.2, -0.15) is 0 Å². The van der Waals surface area contributed by atoms with E-state index in [-0.39, 0.29) is 5.97 Å². The highest BCUT2D eigenvalue weighted by atomic mass is 16.5. The maximum atomic E-state index is 11.2. The Bertz CT molecular complexity index is 183. The van der Waals surface area contributed by atoms with Crippen LogP contribution in [0.15, 0.2) is 0 Å². The number of rotatable bonds is 9. The van der Waals surface area contributed by atoms with Crippen molar-refractivity contribution in [1.82, 2.24) is 4.90 Å². The van der Waals surface area contributed by atoms with Crippen molar-refractivity contribution in [3.05, 3.63) is 0 Å². The fourth-order valence-corrected chi connectivity index (χ4v) is 1.28. The molecule has 4 heteroatoms. The molecule has 0 rings (SSSR count). The van der Waals surface area contributed by atoms with Crippen LogP contribution in [0, 0.1) is 0 Å². The number of esters is 1. The van der Waals surface area contributed by atoms with Gasteiger partial charge in [0.05, 0.1) is 20.3 Å². The van der Waals surface area contributed by atoms with Crippen LogP contribution in [-0.4, -0.2) is 50.3 Å². The second kappa shape index (κ2) is 9.60. The van der Waals surface area contributed by atoms with Gasteiger partial charge in [-0.1, -0.05) is 13.3 Å². The number of hydrogen-bond donors (Lipinski definition) is 0. The lowest BCUT2D eigenvalue weighted by Gasteiger charge is -2.24. The van der Waals surface area contributed by atoms with E-state index < -0.39 is 0 Å². The molecule has 0 N–H and O–H groups in total. The second-order valence-electron chi connectivity index (χ2n) is 4.11. The van der Waals surface area contributed by atoms with Crippen molar-refractivity contribution in [2.75, 3.05) is 33.4 Å². The van der Waals surface area contributed by atoms with Crippen LogP contribution in [0.3, 0.4) is 0 Å². The topological polar surface area (TPSA) is 38.8 Å². The van der Waals surface area contributed by atoms with Gasteiger partial charge in [-0.3, -0.25) is 9.69 Å². The van der Waals surface area contributed by atoms with Gasteiger partial charge in [0.25, 0.3) is 0 Å². The van der Waals surface area contributed by atoms with Crippen LogP contribution in [0.5, 0.6) is 0 Å². The van der Waals surface area contributed by atoms with Gasteiger partial charge in [0.15, 0.2) is 0 Å². The van der Waals surface area contributed by atoms with Gasteiger partial charge >= 0.3 is 5.97 Å². The Hall–Kier alpha value is -0.610. The standard InChI is InChI=1S/C12H25NO3/c1-5-6-8-16-9-7-13(11(2)3)10-12(14)15-4/h11H,5-10H2,1-4H3. The molecule has 0 amide bonds. The first-order valence-corrected chi connectivity index (χ1v) is 6.00. The first-order chi connectivity index (χ1) is 7.61. The molecule has 0 aromatic carbocycles. The van der Waals surface area contributed by atoms with Crippen molar-refractivity contribution in [3.63, 3.8) is 0 Å². The largest absolute Gasteiger partial charge is 0.468 e. The smallest absolute Gasteiger partial charge is 0.319 e. The third-order valence-corrected chi connectivity index (χ3v) is 2.46. The fraction of sp³-hybridized carbons (Fsp3) is 0.917. The Morgan fingerprint density at radius 3 is 2.50 bits per heavy atom. The van der Waals surface area contributed by atoms with Crippen molar-refractivity contribution in [3.8, 4) is 0 Å². The molecule has 0 saturated heterocycles. The highest BCUT2D eigenvalue weighted by Gasteiger charge is 2.13. The van der Waals surface area contributed by atoms with Gasteiger partial charge in [-0.25, -0.2) is 0 Å². The SMILES string of the molecule is CCCCOCCN(CC(=O)OC)C(C)C. The maximum Gasteiger partial charge on any atom is 0.319 e. The molecule has 0 heterocycles. The maximum absolute atomic E-state index is 11.2. The summed E-state index contributed by atoms with van der Waals surface area (Å²) in [5.41, 5.74) is 0. The summed E-state index contributed by atoms with van der Waals surface area (Å²) in [5, 5.41) is 0. The summed E-state index contributed by atoms with van der Waals surface area (Å²) in [6.07, 6.45) is 2.24. The van der Waals surface area contributed by atoms with Crippen LogP contribution >= 0.6 is 0 Å². The van der Waals surface area contributed by atoms with Crippen LogP contribution in [0.2, 0.25) is 0 Å². The predicted octanol–water partition coefficient (Wildman–Crippen LogP) is 1.69. The van der Waals surface area contributed by atoms with Crippen LogP contribution in [0.25, 0.3) is 0 Å². The molecule has 0 saturated carbocycles. The average molecular weight is 231 g/mol. The summed E-state index contributed by atoms with van der Waals surface area (Å²) in [5.74, 6) is -0.192. The number of carbonyl (C=O) groups excluding carboxylic acids is 1. The zero-order valence-electron chi connectivity index (χ0n) is 11.0. The van der Waals surface area contributed by atoms with E-state index in [4.69, 9.17) is 4.74 Å². The third kappa shape index (κ3) is 7.65. The van der Waals surface area contributed by atoms with Gasteiger partial charge in [0.2, 0.25) is 0 Å². The molecule has 0 aromatic rings. The average Bonchev–Trinajstić information content (AvgIpc) is 2.26. The summed E-state index contributed by atoms with van der Waals surface area (Å²) >= 11 is 0. The van der Waals surface area contributed by atoms with Crippen molar-refractivity contribution < 1.29 is 14.3 Å². The molecule has 0 aromatic heterocycles. The van der Waals surface area contributed by atoms with Crippen molar-refractivity contribution in [2.45, 2.75) is 39.7 Å². The van der Waals surface area contributed by atoms with E-state index in [1.165, 1.54) is 7.11 Å². The molecule has 0 radical (unpaired) electrons. The molecule has 16 heavy (non-hydrogen) atoms. The summed E-state index contributed by atoms with van der Waals surface area (Å²) in [4.78, 5) is 13.2. The number of carbonyl (C=O) groups is 1. The van der Waals surface area contributed by atoms with E-state index in [2.05, 4.69) is 30.4 Å². The Balaban J connectivity index is 3.73. The minimum atomic E-state index is -0.192. The summed E-state index contributed by atoms with van der Waals surface area (Å²) in [6, 6.07) is 0.328. The number of ether oxygens (including phenoxy) is 2. The predicted molar refractivity (Wildman–Crippen MR) is 64.5 cm³/mol. The highest BCUT2D eigenvalue weighted by molar-refractivity contribution is 5.71. The zero-order valence-corrected chi connectivity index (χ0v) is 11.0. The highest BCUT2D eigenvalue weighted by Crippen LogP contribution is 1.99. The van der Waals surface area contributed by atoms with Crippen LogP contribution in [0.4, 0.5) is 0 Å². The molecule has 0 aliphatic rings. The van der Waals surface area contributed by atoms with Gasteiger partial charge < -0.3 is 9.47 Å². The molecule has 4 nitrogen and oxygen atoms in total. The molecule has 0 aliphatic heterocycles. The molecular weight excluding hydrogens is 206 g/mol. The molecule has 0 aliphatic carbocycles. The van der Waals surface area contributed by atoms with Gasteiger partial charge in [-0.15, -0.1) is 0 Å². The van der Waals surface area contributed by atoms with Gasteiger partial charge in [-0.05, 0) is 20.3 Å². The number of hydrogen-bond acceptors (Lipinski definition) is 4. The lowest BCUT2D eigenvalue weighted by atomic mass is 10.3. The Morgan fingerprint density at radius 1 is 1.31 bits per heavy atom. The number of nitrogens with zero attached hydrogens (tertiary/aromatic N) is 1. The first kappa shape index (κ1) is 15.4. The van der Waals surface area contributed by atoms with Crippen molar-refractivity contribution in [1.29, 1.82) is 0 Å². The van der Waals surface area contributed by atoms with E-state index in [0.717, 1.165) is 26.0 Å². The number of methoxy groups -OCH3 is 1. The van der Waals surface area contributed by atoms with Crippen molar-refractivity contribution >= 4 is 5.97 Å². The number of unbranched alkanes of at least 4 members (excludes halogenated alkanes) is 1. The van der Waals surface area contributed by atoms with Crippen molar-refractivity contribution in [2.24, 2.45) is 0 Å². The first-order valence-electron chi connectivity index (χ1n) is 6.00. The molecule has 0 spiro atoms. The van der Waals surface area contributed by atoms with E-state index in [0.29, 0.717) is 19.2 Å². The molecule has 0 unspecified atom stereocenters. The Labute approximate surface area is 98.9 Å². The summed E-state index contributed by atoms with van der Waals surface area (Å²) < 4.78 is 10.1. The lowest BCUT2D eigenvalue weighted by molar-refractivity contribution is -0.142. The molecule has 96 valence electrons. The zero-order chi connectivity index (χ0) is 12.4. The third-order valence-electron chi connectivity index (χ3n) is 2.46. The minimum absolute atomic E-state index is 0.192. The second-order valence-corrected chi connectivity index (χ2v) is 4.11. The molecular formula is C12H25NO3. The van der Waals surface area contributed by atoms with Crippen LogP contribution < -0.4 is 0 Å². The normalized spacial score (nSPS) is 11.1. The lowest BCUT2D eigenvalue weighted by Crippen LogP contribution is -2.38. The fourth-order valence-electron chi connectivity index (χ4n) is 1.28. The monoisotopic (exact) mass is 231 g/mol. The van der Waals surface area contributed by atoms with Crippen LogP contribution in [-0.2, 0) is 14.3 Å². The van der Waals surface area contributed by atoms with E-state index >= 15 is 0 Å². The summed E-state index contributed by atoms with van der Waals surface area (Å²) in [7, 11) is 1.42. The minimum Gasteiger partial charge on any atom is -0.468 e. The summed E-state index contributed by atoms with van der Waals surface area (Å²) in [6.45, 7) is 8.86. The quantitative estimate of drug-likeness (QED) is 0.447. The van der Waals surface area contributed by atoms with E-state index in [1.54, 1.807) is 0 Å². The van der Waals surface area contributed by atoms with Gasteiger partial charge in [0, 0.05) is 19.2 Å². The molecule has 0 atom stereocenters. The van der Waals surface area contributed by atoms with E-state index in [9.17, 15) is 4.79 Å². The Morgan fingerprint density at radius 2 is 2.00 bits per heavy atom. The molecule has 0 fully saturated rings. The van der Waals surface area contributed by atoms with E-state index in [1.807, 2.05) is 0 Å².